The molecule has 0 saturated heterocycles. The Morgan fingerprint density at radius 1 is 1.50 bits per heavy atom. The van der Waals surface area contributed by atoms with Crippen LogP contribution in [-0.4, -0.2) is 12.5 Å². The zero-order chi connectivity index (χ0) is 10.8. The minimum absolute atomic E-state index is 0. The number of hydrogen-bond donors (Lipinski definition) is 2. The molecule has 1 aliphatic rings. The van der Waals surface area contributed by atoms with Crippen LogP contribution in [0.2, 0.25) is 5.02 Å². The van der Waals surface area contributed by atoms with Crippen molar-refractivity contribution in [2.75, 3.05) is 12.3 Å². The van der Waals surface area contributed by atoms with Crippen LogP contribution in [0.15, 0.2) is 18.2 Å². The minimum Gasteiger partial charge on any atom is -0.399 e. The van der Waals surface area contributed by atoms with Gasteiger partial charge in [0.05, 0.1) is 10.6 Å². The fourth-order valence-electron chi connectivity index (χ4n) is 1.37. The first-order chi connectivity index (χ1) is 7.16. The van der Waals surface area contributed by atoms with Gasteiger partial charge in [0.2, 0.25) is 0 Å². The van der Waals surface area contributed by atoms with Crippen LogP contribution in [0.3, 0.4) is 0 Å². The van der Waals surface area contributed by atoms with Crippen LogP contribution in [0.4, 0.5) is 5.69 Å². The number of nitrogen functional groups attached to an aromatic ring is 1. The lowest BCUT2D eigenvalue weighted by Crippen LogP contribution is -2.25. The summed E-state index contributed by atoms with van der Waals surface area (Å²) in [7, 11) is 0. The molecule has 3 nitrogen and oxygen atoms in total. The number of halogens is 2. The van der Waals surface area contributed by atoms with E-state index >= 15 is 0 Å². The maximum atomic E-state index is 11.7. The highest BCUT2D eigenvalue weighted by Crippen LogP contribution is 2.28. The number of hydrogen-bond acceptors (Lipinski definition) is 2. The number of rotatable bonds is 3. The molecule has 0 radical (unpaired) electrons. The second-order valence-electron chi connectivity index (χ2n) is 3.89. The van der Waals surface area contributed by atoms with Crippen LogP contribution in [0.1, 0.15) is 23.2 Å². The van der Waals surface area contributed by atoms with Gasteiger partial charge in [0, 0.05) is 12.2 Å². The average molecular weight is 261 g/mol. The first-order valence-corrected chi connectivity index (χ1v) is 5.38. The summed E-state index contributed by atoms with van der Waals surface area (Å²) in [5.41, 5.74) is 6.60. The molecule has 0 aliphatic heterocycles. The van der Waals surface area contributed by atoms with Gasteiger partial charge in [-0.3, -0.25) is 4.79 Å². The van der Waals surface area contributed by atoms with Gasteiger partial charge in [0.1, 0.15) is 0 Å². The minimum atomic E-state index is -0.119. The molecule has 1 saturated carbocycles. The first kappa shape index (κ1) is 13.1. The van der Waals surface area contributed by atoms with Gasteiger partial charge in [0.15, 0.2) is 0 Å². The van der Waals surface area contributed by atoms with Gasteiger partial charge in [-0.2, -0.15) is 0 Å². The number of carbonyl (C=O) groups excluding carboxylic acids is 1. The lowest BCUT2D eigenvalue weighted by molar-refractivity contribution is 0.0952. The molecule has 0 atom stereocenters. The summed E-state index contributed by atoms with van der Waals surface area (Å²) in [6, 6.07) is 4.92. The maximum absolute atomic E-state index is 11.7. The van der Waals surface area contributed by atoms with Crippen molar-refractivity contribution < 1.29 is 4.79 Å². The number of nitrogens with one attached hydrogen (secondary N) is 1. The Hall–Kier alpha value is -0.930. The Morgan fingerprint density at radius 3 is 2.75 bits per heavy atom. The third kappa shape index (κ3) is 3.29. The van der Waals surface area contributed by atoms with E-state index in [1.54, 1.807) is 18.2 Å². The van der Waals surface area contributed by atoms with E-state index in [4.69, 9.17) is 17.3 Å². The number of amides is 1. The van der Waals surface area contributed by atoms with Crippen LogP contribution < -0.4 is 11.1 Å². The van der Waals surface area contributed by atoms with Crippen molar-refractivity contribution in [1.82, 2.24) is 5.32 Å². The highest BCUT2D eigenvalue weighted by Gasteiger charge is 2.22. The Morgan fingerprint density at radius 2 is 2.19 bits per heavy atom. The number of carbonyl (C=O) groups is 1. The van der Waals surface area contributed by atoms with E-state index in [9.17, 15) is 4.79 Å². The number of benzene rings is 1. The van der Waals surface area contributed by atoms with Crippen LogP contribution in [0, 0.1) is 5.92 Å². The Bertz CT molecular complexity index is 392. The van der Waals surface area contributed by atoms with Gasteiger partial charge in [0.25, 0.3) is 5.91 Å². The summed E-state index contributed by atoms with van der Waals surface area (Å²) in [5, 5.41) is 3.26. The van der Waals surface area contributed by atoms with Crippen molar-refractivity contribution >= 4 is 35.6 Å². The maximum Gasteiger partial charge on any atom is 0.252 e. The lowest BCUT2D eigenvalue weighted by atomic mass is 10.2. The quantitative estimate of drug-likeness (QED) is 0.821. The standard InChI is InChI=1S/C11H13ClN2O.ClH/c12-10-5-8(13)3-4-9(10)11(15)14-6-7-1-2-7;/h3-5,7H,1-2,6,13H2,(H,14,15);1H. The first-order valence-electron chi connectivity index (χ1n) is 5.00. The van der Waals surface area contributed by atoms with Crippen molar-refractivity contribution in [2.45, 2.75) is 12.8 Å². The van der Waals surface area contributed by atoms with Crippen LogP contribution >= 0.6 is 24.0 Å². The number of nitrogens with two attached hydrogens (primary N) is 1. The van der Waals surface area contributed by atoms with E-state index in [0.29, 0.717) is 22.2 Å². The molecule has 1 amide bonds. The Labute approximate surface area is 106 Å². The van der Waals surface area contributed by atoms with Crippen molar-refractivity contribution in [1.29, 1.82) is 0 Å². The SMILES string of the molecule is Cl.Nc1ccc(C(=O)NCC2CC2)c(Cl)c1. The van der Waals surface area contributed by atoms with E-state index in [-0.39, 0.29) is 18.3 Å². The summed E-state index contributed by atoms with van der Waals surface area (Å²) in [6.07, 6.45) is 2.44. The van der Waals surface area contributed by atoms with Gasteiger partial charge < -0.3 is 11.1 Å². The molecule has 0 aromatic heterocycles. The molecular weight excluding hydrogens is 247 g/mol. The zero-order valence-corrected chi connectivity index (χ0v) is 10.3. The fourth-order valence-corrected chi connectivity index (χ4v) is 1.64. The average Bonchev–Trinajstić information content (AvgIpc) is 2.97. The topological polar surface area (TPSA) is 55.1 Å². The Balaban J connectivity index is 0.00000128. The molecule has 0 bridgehead atoms. The van der Waals surface area contributed by atoms with E-state index in [0.717, 1.165) is 6.54 Å². The monoisotopic (exact) mass is 260 g/mol. The highest BCUT2D eigenvalue weighted by atomic mass is 35.5. The summed E-state index contributed by atoms with van der Waals surface area (Å²) in [6.45, 7) is 0.750. The highest BCUT2D eigenvalue weighted by molar-refractivity contribution is 6.34. The van der Waals surface area contributed by atoms with Gasteiger partial charge in [-0.25, -0.2) is 0 Å². The van der Waals surface area contributed by atoms with Gasteiger partial charge >= 0.3 is 0 Å². The smallest absolute Gasteiger partial charge is 0.252 e. The molecular formula is C11H14Cl2N2O. The Kier molecular flexibility index (Phi) is 4.44. The summed E-state index contributed by atoms with van der Waals surface area (Å²) < 4.78 is 0. The van der Waals surface area contributed by atoms with Gasteiger partial charge in [-0.15, -0.1) is 12.4 Å². The van der Waals surface area contributed by atoms with E-state index < -0.39 is 0 Å². The van der Waals surface area contributed by atoms with Crippen molar-refractivity contribution in [3.63, 3.8) is 0 Å². The van der Waals surface area contributed by atoms with Crippen molar-refractivity contribution in [3.8, 4) is 0 Å². The molecule has 0 heterocycles. The molecule has 1 aromatic rings. The van der Waals surface area contributed by atoms with Gasteiger partial charge in [-0.1, -0.05) is 11.6 Å². The molecule has 5 heteroatoms. The van der Waals surface area contributed by atoms with Crippen LogP contribution in [0.25, 0.3) is 0 Å². The third-order valence-electron chi connectivity index (χ3n) is 2.49. The predicted octanol–water partition coefficient (Wildman–Crippen LogP) is 2.48. The second-order valence-corrected chi connectivity index (χ2v) is 4.30. The van der Waals surface area contributed by atoms with Crippen LogP contribution in [0.5, 0.6) is 0 Å². The summed E-state index contributed by atoms with van der Waals surface area (Å²) in [4.78, 5) is 11.7. The molecule has 1 fully saturated rings. The fraction of sp³-hybridized carbons (Fsp3) is 0.364. The largest absolute Gasteiger partial charge is 0.399 e. The zero-order valence-electron chi connectivity index (χ0n) is 8.70. The van der Waals surface area contributed by atoms with Crippen molar-refractivity contribution in [2.24, 2.45) is 5.92 Å². The molecule has 3 N–H and O–H groups in total. The van der Waals surface area contributed by atoms with Gasteiger partial charge in [-0.05, 0) is 37.0 Å². The molecule has 16 heavy (non-hydrogen) atoms. The van der Waals surface area contributed by atoms with E-state index in [2.05, 4.69) is 5.32 Å². The summed E-state index contributed by atoms with van der Waals surface area (Å²) in [5.74, 6) is 0.549. The molecule has 1 aliphatic carbocycles. The van der Waals surface area contributed by atoms with Crippen molar-refractivity contribution in [3.05, 3.63) is 28.8 Å². The molecule has 0 unspecified atom stereocenters. The predicted molar refractivity (Wildman–Crippen MR) is 68.2 cm³/mol. The second kappa shape index (κ2) is 5.41. The lowest BCUT2D eigenvalue weighted by Gasteiger charge is -2.06. The summed E-state index contributed by atoms with van der Waals surface area (Å²) >= 11 is 5.91. The molecule has 0 spiro atoms. The molecule has 88 valence electrons. The normalized spacial score (nSPS) is 14.1. The molecule has 2 rings (SSSR count). The van der Waals surface area contributed by atoms with Crippen LogP contribution in [-0.2, 0) is 0 Å². The molecule has 1 aromatic carbocycles. The van der Waals surface area contributed by atoms with E-state index in [1.807, 2.05) is 0 Å². The van der Waals surface area contributed by atoms with E-state index in [1.165, 1.54) is 12.8 Å². The number of anilines is 1. The third-order valence-corrected chi connectivity index (χ3v) is 2.80.